The van der Waals surface area contributed by atoms with E-state index in [1.54, 1.807) is 6.92 Å². The molecule has 0 aliphatic heterocycles. The highest BCUT2D eigenvalue weighted by atomic mass is 16.4. The number of carboxylic acid groups (broad SMARTS) is 1. The van der Waals surface area contributed by atoms with Gasteiger partial charge in [0.15, 0.2) is 0 Å². The third kappa shape index (κ3) is 3.57. The fraction of sp³-hybridized carbons (Fsp3) is 0.667. The number of carboxylic acids is 1. The van der Waals surface area contributed by atoms with Gasteiger partial charge in [0.1, 0.15) is 0 Å². The summed E-state index contributed by atoms with van der Waals surface area (Å²) in [6.45, 7) is 2.36. The molecule has 0 amide bonds. The van der Waals surface area contributed by atoms with Gasteiger partial charge in [-0.25, -0.2) is 4.79 Å². The number of hydrogen-bond acceptors (Lipinski definition) is 3. The van der Waals surface area contributed by atoms with E-state index in [2.05, 4.69) is 5.32 Å². The van der Waals surface area contributed by atoms with Crippen LogP contribution in [0.3, 0.4) is 0 Å². The van der Waals surface area contributed by atoms with E-state index in [0.29, 0.717) is 12.6 Å². The summed E-state index contributed by atoms with van der Waals surface area (Å²) in [6, 6.07) is 0.354. The van der Waals surface area contributed by atoms with E-state index in [-0.39, 0.29) is 6.10 Å². The van der Waals surface area contributed by atoms with E-state index < -0.39 is 5.97 Å². The fourth-order valence-electron chi connectivity index (χ4n) is 1.32. The molecule has 0 unspecified atom stereocenters. The van der Waals surface area contributed by atoms with E-state index in [9.17, 15) is 4.79 Å². The molecule has 0 aromatic carbocycles. The van der Waals surface area contributed by atoms with Crippen molar-refractivity contribution in [3.63, 3.8) is 0 Å². The molecule has 13 heavy (non-hydrogen) atoms. The molecule has 0 spiro atoms. The Hall–Kier alpha value is -0.870. The van der Waals surface area contributed by atoms with Crippen LogP contribution in [0.1, 0.15) is 19.8 Å². The van der Waals surface area contributed by atoms with Crippen LogP contribution in [0.4, 0.5) is 0 Å². The quantitative estimate of drug-likeness (QED) is 0.544. The lowest BCUT2D eigenvalue weighted by Crippen LogP contribution is -2.44. The normalized spacial score (nSPS) is 28.3. The summed E-state index contributed by atoms with van der Waals surface area (Å²) in [5, 5.41) is 20.6. The number of rotatable bonds is 4. The first-order valence-electron chi connectivity index (χ1n) is 4.39. The summed E-state index contributed by atoms with van der Waals surface area (Å²) in [4.78, 5) is 10.2. The molecule has 4 nitrogen and oxygen atoms in total. The van der Waals surface area contributed by atoms with E-state index in [1.807, 2.05) is 0 Å². The van der Waals surface area contributed by atoms with E-state index in [4.69, 9.17) is 10.2 Å². The summed E-state index contributed by atoms with van der Waals surface area (Å²) in [5.74, 6) is -0.909. The maximum Gasteiger partial charge on any atom is 0.328 e. The maximum atomic E-state index is 10.2. The van der Waals surface area contributed by atoms with E-state index >= 15 is 0 Å². The van der Waals surface area contributed by atoms with Crippen LogP contribution in [0.2, 0.25) is 0 Å². The van der Waals surface area contributed by atoms with Crippen molar-refractivity contribution in [2.24, 2.45) is 0 Å². The van der Waals surface area contributed by atoms with Crippen LogP contribution in [-0.2, 0) is 4.79 Å². The van der Waals surface area contributed by atoms with Gasteiger partial charge in [0.05, 0.1) is 6.10 Å². The highest BCUT2D eigenvalue weighted by Gasteiger charge is 2.26. The summed E-state index contributed by atoms with van der Waals surface area (Å²) in [7, 11) is 0. The second-order valence-corrected chi connectivity index (χ2v) is 3.53. The van der Waals surface area contributed by atoms with Crippen molar-refractivity contribution in [1.82, 2.24) is 5.32 Å². The smallest absolute Gasteiger partial charge is 0.328 e. The van der Waals surface area contributed by atoms with Crippen molar-refractivity contribution >= 4 is 5.97 Å². The van der Waals surface area contributed by atoms with Crippen molar-refractivity contribution in [3.05, 3.63) is 11.6 Å². The van der Waals surface area contributed by atoms with Gasteiger partial charge < -0.3 is 15.5 Å². The third-order valence-corrected chi connectivity index (χ3v) is 2.15. The maximum absolute atomic E-state index is 10.2. The first-order chi connectivity index (χ1) is 6.08. The Bertz CT molecular complexity index is 219. The first-order valence-corrected chi connectivity index (χ1v) is 4.39. The zero-order valence-corrected chi connectivity index (χ0v) is 7.66. The average molecular weight is 185 g/mol. The highest BCUT2D eigenvalue weighted by molar-refractivity contribution is 5.80. The largest absolute Gasteiger partial charge is 0.478 e. The minimum absolute atomic E-state index is 0.166. The molecule has 3 N–H and O–H groups in total. The lowest BCUT2D eigenvalue weighted by atomic mass is 9.89. The molecule has 0 heterocycles. The van der Waals surface area contributed by atoms with Crippen molar-refractivity contribution < 1.29 is 15.0 Å². The molecule has 1 aliphatic rings. The summed E-state index contributed by atoms with van der Waals surface area (Å²) < 4.78 is 0. The Morgan fingerprint density at radius 1 is 1.62 bits per heavy atom. The average Bonchev–Trinajstić information content (AvgIpc) is 1.94. The van der Waals surface area contributed by atoms with Crippen molar-refractivity contribution in [1.29, 1.82) is 0 Å². The fourth-order valence-corrected chi connectivity index (χ4v) is 1.32. The van der Waals surface area contributed by atoms with E-state index in [1.165, 1.54) is 6.08 Å². The standard InChI is InChI=1S/C9H15NO3/c1-6(2-9(12)13)5-10-7-3-8(11)4-7/h2,7-8,10-11H,3-5H2,1H3,(H,12,13). The van der Waals surface area contributed by atoms with Crippen molar-refractivity contribution in [2.45, 2.75) is 31.9 Å². The number of aliphatic hydroxyl groups is 1. The van der Waals surface area contributed by atoms with Crippen LogP contribution in [0.5, 0.6) is 0 Å². The Kier molecular flexibility index (Phi) is 3.45. The minimum Gasteiger partial charge on any atom is -0.478 e. The first kappa shape index (κ1) is 10.2. The van der Waals surface area contributed by atoms with E-state index in [0.717, 1.165) is 18.4 Å². The molecular formula is C9H15NO3. The molecule has 0 bridgehead atoms. The molecule has 0 aromatic rings. The van der Waals surface area contributed by atoms with Gasteiger partial charge in [0.25, 0.3) is 0 Å². The molecule has 1 aliphatic carbocycles. The number of aliphatic hydroxyl groups excluding tert-OH is 1. The highest BCUT2D eigenvalue weighted by Crippen LogP contribution is 2.19. The zero-order valence-electron chi connectivity index (χ0n) is 7.66. The molecule has 1 fully saturated rings. The molecule has 0 atom stereocenters. The Morgan fingerprint density at radius 2 is 2.23 bits per heavy atom. The Morgan fingerprint density at radius 3 is 2.69 bits per heavy atom. The Balaban J connectivity index is 2.15. The van der Waals surface area contributed by atoms with Gasteiger partial charge >= 0.3 is 5.97 Å². The number of aliphatic carboxylic acids is 1. The lowest BCUT2D eigenvalue weighted by molar-refractivity contribution is -0.131. The molecular weight excluding hydrogens is 170 g/mol. The SMILES string of the molecule is CC(=CC(=O)O)CNC1CC(O)C1. The number of hydrogen-bond donors (Lipinski definition) is 3. The molecule has 0 saturated heterocycles. The van der Waals surface area contributed by atoms with Crippen LogP contribution in [0, 0.1) is 0 Å². The van der Waals surface area contributed by atoms with Crippen LogP contribution in [0.25, 0.3) is 0 Å². The van der Waals surface area contributed by atoms with Crippen molar-refractivity contribution in [2.75, 3.05) is 6.54 Å². The van der Waals surface area contributed by atoms with Gasteiger partial charge in [-0.15, -0.1) is 0 Å². The monoisotopic (exact) mass is 185 g/mol. The summed E-state index contributed by atoms with van der Waals surface area (Å²) in [6.07, 6.45) is 2.59. The van der Waals surface area contributed by atoms with Gasteiger partial charge in [-0.1, -0.05) is 5.57 Å². The number of nitrogens with one attached hydrogen (secondary N) is 1. The van der Waals surface area contributed by atoms with Gasteiger partial charge in [-0.3, -0.25) is 0 Å². The molecule has 0 aromatic heterocycles. The Labute approximate surface area is 77.3 Å². The van der Waals surface area contributed by atoms with Gasteiger partial charge in [0, 0.05) is 18.7 Å². The molecule has 4 heteroatoms. The molecule has 74 valence electrons. The molecule has 0 radical (unpaired) electrons. The van der Waals surface area contributed by atoms with Crippen LogP contribution in [0.15, 0.2) is 11.6 Å². The third-order valence-electron chi connectivity index (χ3n) is 2.15. The second-order valence-electron chi connectivity index (χ2n) is 3.53. The van der Waals surface area contributed by atoms with Crippen LogP contribution >= 0.6 is 0 Å². The second kappa shape index (κ2) is 4.39. The minimum atomic E-state index is -0.909. The predicted octanol–water partition coefficient (Wildman–Crippen LogP) is 0.130. The zero-order chi connectivity index (χ0) is 9.84. The van der Waals surface area contributed by atoms with Gasteiger partial charge in [-0.2, -0.15) is 0 Å². The summed E-state index contributed by atoms with van der Waals surface area (Å²) in [5.41, 5.74) is 0.800. The summed E-state index contributed by atoms with van der Waals surface area (Å²) >= 11 is 0. The number of carbonyl (C=O) groups is 1. The van der Waals surface area contributed by atoms with Crippen LogP contribution < -0.4 is 5.32 Å². The van der Waals surface area contributed by atoms with Gasteiger partial charge in [0.2, 0.25) is 0 Å². The molecule has 1 rings (SSSR count). The molecule has 1 saturated carbocycles. The predicted molar refractivity (Wildman–Crippen MR) is 48.4 cm³/mol. The van der Waals surface area contributed by atoms with Gasteiger partial charge in [-0.05, 0) is 19.8 Å². The van der Waals surface area contributed by atoms with Crippen LogP contribution in [-0.4, -0.2) is 34.9 Å². The van der Waals surface area contributed by atoms with Crippen molar-refractivity contribution in [3.8, 4) is 0 Å². The lowest BCUT2D eigenvalue weighted by Gasteiger charge is -2.32. The topological polar surface area (TPSA) is 69.6 Å².